The van der Waals surface area contributed by atoms with Crippen LogP contribution in [0.1, 0.15) is 24.2 Å². The maximum absolute atomic E-state index is 13.4. The van der Waals surface area contributed by atoms with Crippen molar-refractivity contribution < 1.29 is 14.3 Å². The number of rotatable bonds is 8. The number of carbonyl (C=O) groups excluding carboxylic acids is 1. The van der Waals surface area contributed by atoms with Gasteiger partial charge in [0.25, 0.3) is 5.91 Å². The van der Waals surface area contributed by atoms with Gasteiger partial charge < -0.3 is 14.4 Å². The summed E-state index contributed by atoms with van der Waals surface area (Å²) in [6.45, 7) is 8.88. The third-order valence-corrected chi connectivity index (χ3v) is 4.76. The summed E-state index contributed by atoms with van der Waals surface area (Å²) in [4.78, 5) is 15.2. The van der Waals surface area contributed by atoms with Crippen LogP contribution in [0.25, 0.3) is 16.9 Å². The third-order valence-electron chi connectivity index (χ3n) is 4.76. The molecule has 0 aliphatic rings. The maximum Gasteiger partial charge on any atom is 0.257 e. The van der Waals surface area contributed by atoms with Gasteiger partial charge in [-0.05, 0) is 38.1 Å². The van der Waals surface area contributed by atoms with Crippen LogP contribution in [0.3, 0.4) is 0 Å². The van der Waals surface area contributed by atoms with Crippen molar-refractivity contribution in [2.45, 2.75) is 13.8 Å². The minimum atomic E-state index is -0.101. The van der Waals surface area contributed by atoms with E-state index in [1.165, 1.54) is 0 Å². The fourth-order valence-electron chi connectivity index (χ4n) is 3.26. The molecule has 0 fully saturated rings. The molecule has 0 saturated heterocycles. The van der Waals surface area contributed by atoms with Crippen LogP contribution in [0.4, 0.5) is 0 Å². The van der Waals surface area contributed by atoms with Crippen LogP contribution in [0.5, 0.6) is 11.5 Å². The van der Waals surface area contributed by atoms with E-state index in [2.05, 4.69) is 6.58 Å². The number of para-hydroxylation sites is 1. The predicted molar refractivity (Wildman–Crippen MR) is 118 cm³/mol. The Morgan fingerprint density at radius 3 is 2.47 bits per heavy atom. The summed E-state index contributed by atoms with van der Waals surface area (Å²) in [6, 6.07) is 15.2. The Labute approximate surface area is 177 Å². The van der Waals surface area contributed by atoms with Crippen LogP contribution in [0, 0.1) is 0 Å². The van der Waals surface area contributed by atoms with E-state index in [4.69, 9.17) is 14.6 Å². The number of ether oxygens (including phenoxy) is 2. The zero-order valence-corrected chi connectivity index (χ0v) is 17.9. The summed E-state index contributed by atoms with van der Waals surface area (Å²) in [5, 5.41) is 4.76. The highest BCUT2D eigenvalue weighted by Gasteiger charge is 2.25. The minimum Gasteiger partial charge on any atom is -0.497 e. The molecule has 0 atom stereocenters. The molecule has 3 rings (SSSR count). The molecule has 0 N–H and O–H groups in total. The molecule has 1 heterocycles. The summed E-state index contributed by atoms with van der Waals surface area (Å²) >= 11 is 0. The average Bonchev–Trinajstić information content (AvgIpc) is 3.22. The number of methoxy groups -OCH3 is 2. The van der Waals surface area contributed by atoms with Gasteiger partial charge in [0.1, 0.15) is 17.2 Å². The molecule has 0 radical (unpaired) electrons. The second-order valence-electron chi connectivity index (χ2n) is 7.01. The molecule has 1 aromatic heterocycles. The van der Waals surface area contributed by atoms with Crippen molar-refractivity contribution in [1.82, 2.24) is 14.7 Å². The van der Waals surface area contributed by atoms with Gasteiger partial charge in [-0.3, -0.25) is 4.79 Å². The first-order chi connectivity index (χ1) is 14.5. The van der Waals surface area contributed by atoms with E-state index in [1.807, 2.05) is 56.3 Å². The topological polar surface area (TPSA) is 56.6 Å². The van der Waals surface area contributed by atoms with Crippen molar-refractivity contribution in [3.63, 3.8) is 0 Å². The molecule has 6 heteroatoms. The van der Waals surface area contributed by atoms with Gasteiger partial charge in [0.2, 0.25) is 0 Å². The molecule has 0 saturated carbocycles. The molecule has 156 valence electrons. The van der Waals surface area contributed by atoms with Crippen LogP contribution in [-0.2, 0) is 0 Å². The smallest absolute Gasteiger partial charge is 0.257 e. The van der Waals surface area contributed by atoms with E-state index in [-0.39, 0.29) is 5.91 Å². The lowest BCUT2D eigenvalue weighted by Crippen LogP contribution is -2.32. The molecule has 30 heavy (non-hydrogen) atoms. The molecule has 0 bridgehead atoms. The second kappa shape index (κ2) is 9.31. The minimum absolute atomic E-state index is 0.101. The molecular formula is C24H27N3O3. The molecular weight excluding hydrogens is 378 g/mol. The number of carbonyl (C=O) groups is 1. The van der Waals surface area contributed by atoms with E-state index < -0.39 is 0 Å². The Balaban J connectivity index is 2.17. The van der Waals surface area contributed by atoms with Crippen LogP contribution < -0.4 is 9.47 Å². The SMILES string of the molecule is C=C(C)CN(CC)C(=O)c1cn(-c2ccccc2)nc1-c1ccc(OC)cc1OC. The summed E-state index contributed by atoms with van der Waals surface area (Å²) in [7, 11) is 3.19. The van der Waals surface area contributed by atoms with Crippen molar-refractivity contribution in [3.8, 4) is 28.4 Å². The third kappa shape index (κ3) is 4.38. The summed E-state index contributed by atoms with van der Waals surface area (Å²) < 4.78 is 12.6. The Bertz CT molecular complexity index is 1040. The lowest BCUT2D eigenvalue weighted by atomic mass is 10.1. The first-order valence-electron chi connectivity index (χ1n) is 9.79. The Kier molecular flexibility index (Phi) is 6.57. The van der Waals surface area contributed by atoms with Crippen molar-refractivity contribution >= 4 is 5.91 Å². The van der Waals surface area contributed by atoms with Crippen molar-refractivity contribution in [2.24, 2.45) is 0 Å². The van der Waals surface area contributed by atoms with Gasteiger partial charge in [-0.2, -0.15) is 5.10 Å². The van der Waals surface area contributed by atoms with Crippen molar-refractivity contribution in [3.05, 3.63) is 72.4 Å². The van der Waals surface area contributed by atoms with Crippen LogP contribution in [0.2, 0.25) is 0 Å². The number of likely N-dealkylation sites (N-methyl/N-ethyl adjacent to an activating group) is 1. The van der Waals surface area contributed by atoms with Gasteiger partial charge in [0.05, 0.1) is 25.5 Å². The second-order valence-corrected chi connectivity index (χ2v) is 7.01. The fourth-order valence-corrected chi connectivity index (χ4v) is 3.26. The monoisotopic (exact) mass is 405 g/mol. The lowest BCUT2D eigenvalue weighted by Gasteiger charge is -2.21. The maximum atomic E-state index is 13.4. The molecule has 0 aliphatic heterocycles. The zero-order chi connectivity index (χ0) is 21.7. The van der Waals surface area contributed by atoms with Gasteiger partial charge in [-0.15, -0.1) is 0 Å². The molecule has 0 aliphatic carbocycles. The molecule has 1 amide bonds. The number of hydrogen-bond donors (Lipinski definition) is 0. The van der Waals surface area contributed by atoms with E-state index in [0.717, 1.165) is 16.8 Å². The van der Waals surface area contributed by atoms with E-state index in [0.29, 0.717) is 35.8 Å². The van der Waals surface area contributed by atoms with Gasteiger partial charge in [-0.25, -0.2) is 4.68 Å². The van der Waals surface area contributed by atoms with Crippen LogP contribution in [-0.4, -0.2) is 47.9 Å². The van der Waals surface area contributed by atoms with Crippen molar-refractivity contribution in [1.29, 1.82) is 0 Å². The zero-order valence-electron chi connectivity index (χ0n) is 17.9. The Morgan fingerprint density at radius 2 is 1.87 bits per heavy atom. The first kappa shape index (κ1) is 21.2. The van der Waals surface area contributed by atoms with Gasteiger partial charge >= 0.3 is 0 Å². The first-order valence-corrected chi connectivity index (χ1v) is 9.79. The quantitative estimate of drug-likeness (QED) is 0.514. The van der Waals surface area contributed by atoms with Gasteiger partial charge in [0, 0.05) is 30.9 Å². The summed E-state index contributed by atoms with van der Waals surface area (Å²) in [5.41, 5.74) is 3.58. The summed E-state index contributed by atoms with van der Waals surface area (Å²) in [5.74, 6) is 1.16. The molecule has 0 unspecified atom stereocenters. The Hall–Kier alpha value is -3.54. The molecule has 6 nitrogen and oxygen atoms in total. The van der Waals surface area contributed by atoms with Crippen molar-refractivity contribution in [2.75, 3.05) is 27.3 Å². The normalized spacial score (nSPS) is 10.5. The van der Waals surface area contributed by atoms with Gasteiger partial charge in [0.15, 0.2) is 0 Å². The van der Waals surface area contributed by atoms with E-state index in [9.17, 15) is 4.79 Å². The molecule has 0 spiro atoms. The van der Waals surface area contributed by atoms with E-state index in [1.54, 1.807) is 36.1 Å². The summed E-state index contributed by atoms with van der Waals surface area (Å²) in [6.07, 6.45) is 1.78. The predicted octanol–water partition coefficient (Wildman–Crippen LogP) is 4.59. The fraction of sp³-hybridized carbons (Fsp3) is 0.250. The van der Waals surface area contributed by atoms with E-state index >= 15 is 0 Å². The molecule has 2 aromatic carbocycles. The highest BCUT2D eigenvalue weighted by molar-refractivity contribution is 6.00. The number of nitrogens with zero attached hydrogens (tertiary/aromatic N) is 3. The lowest BCUT2D eigenvalue weighted by molar-refractivity contribution is 0.0779. The highest BCUT2D eigenvalue weighted by Crippen LogP contribution is 2.35. The largest absolute Gasteiger partial charge is 0.497 e. The average molecular weight is 405 g/mol. The highest BCUT2D eigenvalue weighted by atomic mass is 16.5. The van der Waals surface area contributed by atoms with Crippen LogP contribution >= 0.6 is 0 Å². The number of aromatic nitrogens is 2. The standard InChI is InChI=1S/C24H27N3O3/c1-6-26(15-17(2)3)24(28)21-16-27(18-10-8-7-9-11-18)25-23(21)20-13-12-19(29-4)14-22(20)30-5/h7-14,16H,2,6,15H2,1,3-5H3. The number of benzene rings is 2. The van der Waals surface area contributed by atoms with Crippen LogP contribution in [0.15, 0.2) is 66.9 Å². The number of hydrogen-bond acceptors (Lipinski definition) is 4. The Morgan fingerprint density at radius 1 is 1.13 bits per heavy atom. The molecule has 3 aromatic rings. The number of amides is 1. The van der Waals surface area contributed by atoms with Gasteiger partial charge in [-0.1, -0.05) is 30.4 Å².